The molecule has 5 nitrogen and oxygen atoms in total. The second-order valence-electron chi connectivity index (χ2n) is 4.02. The molecule has 0 radical (unpaired) electrons. The Labute approximate surface area is 91.6 Å². The quantitative estimate of drug-likeness (QED) is 0.218. The van der Waals surface area contributed by atoms with Crippen LogP contribution in [0.25, 0.3) is 0 Å². The molecule has 0 heterocycles. The molecule has 3 N–H and O–H groups in total. The van der Waals surface area contributed by atoms with E-state index in [0.29, 0.717) is 0 Å². The van der Waals surface area contributed by atoms with E-state index in [1.54, 1.807) is 7.11 Å². The second-order valence-corrected chi connectivity index (χ2v) is 4.02. The van der Waals surface area contributed by atoms with Crippen LogP contribution in [-0.4, -0.2) is 44.7 Å². The molecule has 0 amide bonds. The first-order chi connectivity index (χ1) is 7.27. The summed E-state index contributed by atoms with van der Waals surface area (Å²) < 4.78 is 4.96. The zero-order valence-electron chi connectivity index (χ0n) is 9.70. The van der Waals surface area contributed by atoms with E-state index in [2.05, 4.69) is 15.3 Å². The molecular weight excluding hydrogens is 192 g/mol. The van der Waals surface area contributed by atoms with Crippen LogP contribution in [0, 0.1) is 5.92 Å². The normalized spacial score (nSPS) is 16.6. The molecule has 1 saturated carbocycles. The predicted molar refractivity (Wildman–Crippen MR) is 61.5 cm³/mol. The fourth-order valence-corrected chi connectivity index (χ4v) is 1.44. The number of ether oxygens (including phenoxy) is 1. The molecule has 1 aliphatic carbocycles. The summed E-state index contributed by atoms with van der Waals surface area (Å²) in [5, 5.41) is 0. The zero-order chi connectivity index (χ0) is 11.1. The number of nitrogens with two attached hydrogens (primary N) is 1. The minimum absolute atomic E-state index is 0.744. The molecule has 0 atom stereocenters. The molecule has 1 rings (SSSR count). The lowest BCUT2D eigenvalue weighted by Gasteiger charge is -2.20. The van der Waals surface area contributed by atoms with Gasteiger partial charge in [0.25, 0.3) is 0 Å². The number of aliphatic imine (C=N–C) groups is 1. The minimum atomic E-state index is 0.744. The van der Waals surface area contributed by atoms with Crippen LogP contribution in [0.5, 0.6) is 0 Å². The van der Waals surface area contributed by atoms with E-state index in [0.717, 1.165) is 38.0 Å². The summed E-state index contributed by atoms with van der Waals surface area (Å²) in [5.74, 6) is 7.05. The molecule has 0 bridgehead atoms. The van der Waals surface area contributed by atoms with E-state index < -0.39 is 0 Å². The maximum absolute atomic E-state index is 5.43. The Hall–Kier alpha value is -0.810. The van der Waals surface area contributed by atoms with Crippen molar-refractivity contribution in [1.29, 1.82) is 0 Å². The predicted octanol–water partition coefficient (Wildman–Crippen LogP) is 0.184. The molecule has 0 aromatic carbocycles. The number of hydrogen-bond acceptors (Lipinski definition) is 3. The van der Waals surface area contributed by atoms with Crippen molar-refractivity contribution in [3.63, 3.8) is 0 Å². The van der Waals surface area contributed by atoms with Crippen molar-refractivity contribution in [3.8, 4) is 0 Å². The van der Waals surface area contributed by atoms with Crippen molar-refractivity contribution >= 4 is 5.96 Å². The molecule has 5 heteroatoms. The van der Waals surface area contributed by atoms with Crippen molar-refractivity contribution in [1.82, 2.24) is 10.3 Å². The molecule has 0 aromatic heterocycles. The van der Waals surface area contributed by atoms with E-state index in [9.17, 15) is 0 Å². The van der Waals surface area contributed by atoms with Crippen molar-refractivity contribution < 1.29 is 4.74 Å². The summed E-state index contributed by atoms with van der Waals surface area (Å²) in [6.45, 7) is 2.55. The van der Waals surface area contributed by atoms with E-state index in [4.69, 9.17) is 10.6 Å². The van der Waals surface area contributed by atoms with E-state index >= 15 is 0 Å². The molecule has 0 unspecified atom stereocenters. The zero-order valence-corrected chi connectivity index (χ0v) is 9.70. The van der Waals surface area contributed by atoms with Crippen LogP contribution in [0.2, 0.25) is 0 Å². The topological polar surface area (TPSA) is 62.9 Å². The SMILES string of the molecule is COCCCN=C(NN)N(C)CC1CC1. The van der Waals surface area contributed by atoms with Gasteiger partial charge in [-0.1, -0.05) is 0 Å². The standard InChI is InChI=1S/C10H22N4O/c1-14(8-9-4-5-9)10(13-11)12-6-3-7-15-2/h9H,3-8,11H2,1-2H3,(H,12,13). The van der Waals surface area contributed by atoms with Gasteiger partial charge in [-0.2, -0.15) is 0 Å². The van der Waals surface area contributed by atoms with Gasteiger partial charge in [-0.3, -0.25) is 10.4 Å². The number of hydrogen-bond donors (Lipinski definition) is 2. The van der Waals surface area contributed by atoms with Crippen LogP contribution in [0.4, 0.5) is 0 Å². The molecule has 0 spiro atoms. The number of nitrogens with one attached hydrogen (secondary N) is 1. The number of nitrogens with zero attached hydrogens (tertiary/aromatic N) is 2. The summed E-state index contributed by atoms with van der Waals surface area (Å²) in [6.07, 6.45) is 3.61. The van der Waals surface area contributed by atoms with E-state index in [1.807, 2.05) is 7.05 Å². The Balaban J connectivity index is 2.24. The van der Waals surface area contributed by atoms with E-state index in [1.165, 1.54) is 12.8 Å². The molecule has 1 aliphatic rings. The largest absolute Gasteiger partial charge is 0.385 e. The van der Waals surface area contributed by atoms with Gasteiger partial charge in [-0.15, -0.1) is 0 Å². The second kappa shape index (κ2) is 6.63. The highest BCUT2D eigenvalue weighted by molar-refractivity contribution is 5.79. The lowest BCUT2D eigenvalue weighted by Crippen LogP contribution is -2.43. The molecule has 0 aliphatic heterocycles. The Morgan fingerprint density at radius 1 is 1.60 bits per heavy atom. The van der Waals surface area contributed by atoms with Gasteiger partial charge in [0.05, 0.1) is 0 Å². The average molecular weight is 214 g/mol. The Morgan fingerprint density at radius 3 is 2.87 bits per heavy atom. The van der Waals surface area contributed by atoms with Crippen LogP contribution in [0.3, 0.4) is 0 Å². The lowest BCUT2D eigenvalue weighted by molar-refractivity contribution is 0.197. The summed E-state index contributed by atoms with van der Waals surface area (Å²) >= 11 is 0. The third-order valence-corrected chi connectivity index (χ3v) is 2.49. The molecule has 1 fully saturated rings. The van der Waals surface area contributed by atoms with Gasteiger partial charge in [-0.05, 0) is 25.2 Å². The fourth-order valence-electron chi connectivity index (χ4n) is 1.44. The van der Waals surface area contributed by atoms with Gasteiger partial charge in [0.15, 0.2) is 0 Å². The van der Waals surface area contributed by atoms with Crippen molar-refractivity contribution in [2.45, 2.75) is 19.3 Å². The molecule has 88 valence electrons. The number of methoxy groups -OCH3 is 1. The van der Waals surface area contributed by atoms with Crippen LogP contribution in [0.15, 0.2) is 4.99 Å². The van der Waals surface area contributed by atoms with Gasteiger partial charge in [0, 0.05) is 33.9 Å². The van der Waals surface area contributed by atoms with Gasteiger partial charge < -0.3 is 9.64 Å². The first-order valence-electron chi connectivity index (χ1n) is 5.49. The Kier molecular flexibility index (Phi) is 5.42. The van der Waals surface area contributed by atoms with Crippen LogP contribution in [-0.2, 0) is 4.74 Å². The Morgan fingerprint density at radius 2 is 2.33 bits per heavy atom. The number of rotatable bonds is 6. The van der Waals surface area contributed by atoms with Crippen LogP contribution >= 0.6 is 0 Å². The minimum Gasteiger partial charge on any atom is -0.385 e. The average Bonchev–Trinajstić information content (AvgIpc) is 3.02. The summed E-state index contributed by atoms with van der Waals surface area (Å²) in [4.78, 5) is 6.47. The van der Waals surface area contributed by atoms with Crippen molar-refractivity contribution in [3.05, 3.63) is 0 Å². The third kappa shape index (κ3) is 4.99. The fraction of sp³-hybridized carbons (Fsp3) is 0.900. The van der Waals surface area contributed by atoms with Crippen LogP contribution in [0.1, 0.15) is 19.3 Å². The molecule has 15 heavy (non-hydrogen) atoms. The number of guanidine groups is 1. The van der Waals surface area contributed by atoms with Gasteiger partial charge in [-0.25, -0.2) is 5.84 Å². The maximum atomic E-state index is 5.43. The van der Waals surface area contributed by atoms with Crippen LogP contribution < -0.4 is 11.3 Å². The third-order valence-electron chi connectivity index (χ3n) is 2.49. The van der Waals surface area contributed by atoms with Gasteiger partial charge in [0.1, 0.15) is 0 Å². The highest BCUT2D eigenvalue weighted by Gasteiger charge is 2.23. The summed E-state index contributed by atoms with van der Waals surface area (Å²) in [6, 6.07) is 0. The summed E-state index contributed by atoms with van der Waals surface area (Å²) in [5.41, 5.74) is 2.65. The van der Waals surface area contributed by atoms with Crippen molar-refractivity contribution in [2.75, 3.05) is 33.9 Å². The van der Waals surface area contributed by atoms with Gasteiger partial charge in [0.2, 0.25) is 5.96 Å². The highest BCUT2D eigenvalue weighted by atomic mass is 16.5. The first-order valence-corrected chi connectivity index (χ1v) is 5.49. The molecule has 0 saturated heterocycles. The summed E-state index contributed by atoms with van der Waals surface area (Å²) in [7, 11) is 3.72. The Bertz CT molecular complexity index is 204. The lowest BCUT2D eigenvalue weighted by atomic mass is 10.4. The first kappa shape index (κ1) is 12.3. The molecule has 0 aromatic rings. The van der Waals surface area contributed by atoms with E-state index in [-0.39, 0.29) is 0 Å². The molecular formula is C10H22N4O. The maximum Gasteiger partial charge on any atom is 0.208 e. The number of hydrazine groups is 1. The highest BCUT2D eigenvalue weighted by Crippen LogP contribution is 2.29. The van der Waals surface area contributed by atoms with Gasteiger partial charge >= 0.3 is 0 Å². The monoisotopic (exact) mass is 214 g/mol. The smallest absolute Gasteiger partial charge is 0.208 e. The van der Waals surface area contributed by atoms with Crippen molar-refractivity contribution in [2.24, 2.45) is 16.8 Å².